The first kappa shape index (κ1) is 18.2. The molecule has 1 fully saturated rings. The molecule has 1 aromatic carbocycles. The Morgan fingerprint density at radius 1 is 1.08 bits per heavy atom. The van der Waals surface area contributed by atoms with Crippen LogP contribution < -0.4 is 10.9 Å². The summed E-state index contributed by atoms with van der Waals surface area (Å²) in [5.74, 6) is -2.04. The average molecular weight is 364 g/mol. The number of rotatable bonds is 3. The number of carbonyl (C=O) groups is 1. The minimum absolute atomic E-state index is 0.0855. The molecule has 4 nitrogen and oxygen atoms in total. The van der Waals surface area contributed by atoms with Gasteiger partial charge in [0.1, 0.15) is 5.56 Å². The fourth-order valence-corrected chi connectivity index (χ4v) is 3.32. The Bertz CT molecular complexity index is 831. The van der Waals surface area contributed by atoms with E-state index in [2.05, 4.69) is 10.3 Å². The van der Waals surface area contributed by atoms with Crippen LogP contribution >= 0.6 is 0 Å². The maximum atomic E-state index is 12.9. The summed E-state index contributed by atoms with van der Waals surface area (Å²) in [6, 6.07) is 11.6. The van der Waals surface area contributed by atoms with Gasteiger partial charge in [-0.1, -0.05) is 36.8 Å². The predicted molar refractivity (Wildman–Crippen MR) is 91.8 cm³/mol. The molecule has 3 rings (SSSR count). The molecule has 1 aliphatic carbocycles. The van der Waals surface area contributed by atoms with Gasteiger partial charge >= 0.3 is 6.18 Å². The Morgan fingerprint density at radius 3 is 2.46 bits per heavy atom. The molecule has 26 heavy (non-hydrogen) atoms. The number of aromatic nitrogens is 1. The Balaban J connectivity index is 1.71. The van der Waals surface area contributed by atoms with Gasteiger partial charge in [-0.25, -0.2) is 0 Å². The summed E-state index contributed by atoms with van der Waals surface area (Å²) in [5, 5.41) is 2.58. The van der Waals surface area contributed by atoms with E-state index < -0.39 is 29.6 Å². The molecule has 1 heterocycles. The van der Waals surface area contributed by atoms with Crippen molar-refractivity contribution < 1.29 is 18.0 Å². The van der Waals surface area contributed by atoms with Gasteiger partial charge < -0.3 is 10.3 Å². The summed E-state index contributed by atoms with van der Waals surface area (Å²) in [6.07, 6.45) is -3.42. The van der Waals surface area contributed by atoms with E-state index in [1.807, 2.05) is 30.3 Å². The Kier molecular flexibility index (Phi) is 5.15. The van der Waals surface area contributed by atoms with Gasteiger partial charge in [0.15, 0.2) is 0 Å². The zero-order valence-electron chi connectivity index (χ0n) is 14.0. The van der Waals surface area contributed by atoms with Crippen LogP contribution in [0.15, 0.2) is 47.3 Å². The van der Waals surface area contributed by atoms with Crippen molar-refractivity contribution in [2.45, 2.75) is 37.9 Å². The zero-order chi connectivity index (χ0) is 18.7. The quantitative estimate of drug-likeness (QED) is 0.868. The van der Waals surface area contributed by atoms with Crippen LogP contribution in [-0.4, -0.2) is 23.1 Å². The number of benzene rings is 1. The van der Waals surface area contributed by atoms with E-state index >= 15 is 0 Å². The van der Waals surface area contributed by atoms with Crippen molar-refractivity contribution in [3.05, 3.63) is 58.4 Å². The van der Waals surface area contributed by atoms with Crippen molar-refractivity contribution in [2.24, 2.45) is 5.92 Å². The maximum absolute atomic E-state index is 12.9. The molecule has 0 saturated heterocycles. The van der Waals surface area contributed by atoms with Gasteiger partial charge in [0.2, 0.25) is 0 Å². The maximum Gasteiger partial charge on any atom is 0.391 e. The largest absolute Gasteiger partial charge is 0.391 e. The Hall–Kier alpha value is -2.57. The standard InChI is InChI=1S/C19H19F3N2O2/c20-19(21,22)13-7-4-8-14(11-13)23-17(25)15-9-10-16(24-18(15)26)12-5-2-1-3-6-12/h1-3,5-6,9-10,13-14H,4,7-8,11H2,(H,23,25)(H,24,26). The zero-order valence-corrected chi connectivity index (χ0v) is 14.0. The van der Waals surface area contributed by atoms with E-state index in [-0.39, 0.29) is 18.4 Å². The Labute approximate surface area is 148 Å². The highest BCUT2D eigenvalue weighted by molar-refractivity contribution is 5.94. The number of amides is 1. The summed E-state index contributed by atoms with van der Waals surface area (Å²) < 4.78 is 38.6. The van der Waals surface area contributed by atoms with E-state index in [1.54, 1.807) is 6.07 Å². The summed E-state index contributed by atoms with van der Waals surface area (Å²) in [4.78, 5) is 27.2. The van der Waals surface area contributed by atoms with Gasteiger partial charge in [-0.2, -0.15) is 13.2 Å². The van der Waals surface area contributed by atoms with Crippen molar-refractivity contribution in [1.82, 2.24) is 10.3 Å². The topological polar surface area (TPSA) is 62.0 Å². The minimum Gasteiger partial charge on any atom is -0.349 e. The first-order chi connectivity index (χ1) is 12.3. The highest BCUT2D eigenvalue weighted by atomic mass is 19.4. The predicted octanol–water partition coefficient (Wildman–Crippen LogP) is 3.89. The lowest BCUT2D eigenvalue weighted by molar-refractivity contribution is -0.183. The first-order valence-electron chi connectivity index (χ1n) is 8.51. The van der Waals surface area contributed by atoms with E-state index in [1.165, 1.54) is 6.07 Å². The van der Waals surface area contributed by atoms with Gasteiger partial charge in [-0.05, 0) is 37.0 Å². The molecule has 2 atom stereocenters. The number of pyridine rings is 1. The fourth-order valence-electron chi connectivity index (χ4n) is 3.32. The lowest BCUT2D eigenvalue weighted by Gasteiger charge is -2.30. The van der Waals surface area contributed by atoms with E-state index in [0.717, 1.165) is 5.56 Å². The monoisotopic (exact) mass is 364 g/mol. The van der Waals surface area contributed by atoms with Crippen molar-refractivity contribution >= 4 is 5.91 Å². The number of hydrogen-bond acceptors (Lipinski definition) is 2. The smallest absolute Gasteiger partial charge is 0.349 e. The number of H-pyrrole nitrogens is 1. The molecule has 0 aliphatic heterocycles. The van der Waals surface area contributed by atoms with E-state index in [9.17, 15) is 22.8 Å². The van der Waals surface area contributed by atoms with Crippen molar-refractivity contribution in [3.63, 3.8) is 0 Å². The number of alkyl halides is 3. The van der Waals surface area contributed by atoms with Crippen LogP contribution in [0.3, 0.4) is 0 Å². The molecule has 2 N–H and O–H groups in total. The molecular formula is C19H19F3N2O2. The summed E-state index contributed by atoms with van der Waals surface area (Å²) in [6.45, 7) is 0. The number of halogens is 3. The molecule has 1 amide bonds. The van der Waals surface area contributed by atoms with Gasteiger partial charge in [0.05, 0.1) is 5.92 Å². The molecule has 1 aromatic heterocycles. The van der Waals surface area contributed by atoms with Crippen LogP contribution in [0, 0.1) is 5.92 Å². The van der Waals surface area contributed by atoms with Crippen LogP contribution in [-0.2, 0) is 0 Å². The van der Waals surface area contributed by atoms with Crippen LogP contribution in [0.25, 0.3) is 11.3 Å². The molecule has 138 valence electrons. The Morgan fingerprint density at radius 2 is 1.81 bits per heavy atom. The van der Waals surface area contributed by atoms with E-state index in [0.29, 0.717) is 18.5 Å². The normalized spacial score (nSPS) is 20.6. The first-order valence-corrected chi connectivity index (χ1v) is 8.51. The van der Waals surface area contributed by atoms with Crippen molar-refractivity contribution in [1.29, 1.82) is 0 Å². The summed E-state index contributed by atoms with van der Waals surface area (Å²) in [5.41, 5.74) is 0.713. The third kappa shape index (κ3) is 4.15. The third-order valence-corrected chi connectivity index (χ3v) is 4.71. The minimum atomic E-state index is -4.25. The molecule has 2 unspecified atom stereocenters. The molecule has 0 bridgehead atoms. The molecule has 7 heteroatoms. The summed E-state index contributed by atoms with van der Waals surface area (Å²) in [7, 11) is 0. The molecular weight excluding hydrogens is 345 g/mol. The lowest BCUT2D eigenvalue weighted by Crippen LogP contribution is -2.42. The number of carbonyl (C=O) groups excluding carboxylic acids is 1. The molecule has 1 saturated carbocycles. The second kappa shape index (κ2) is 7.35. The highest BCUT2D eigenvalue weighted by Gasteiger charge is 2.42. The van der Waals surface area contributed by atoms with E-state index in [4.69, 9.17) is 0 Å². The van der Waals surface area contributed by atoms with Gasteiger partial charge in [0, 0.05) is 11.7 Å². The lowest BCUT2D eigenvalue weighted by atomic mass is 9.85. The van der Waals surface area contributed by atoms with Gasteiger partial charge in [0.25, 0.3) is 11.5 Å². The van der Waals surface area contributed by atoms with Crippen molar-refractivity contribution in [3.8, 4) is 11.3 Å². The number of aromatic amines is 1. The molecule has 1 aliphatic rings. The summed E-state index contributed by atoms with van der Waals surface area (Å²) >= 11 is 0. The van der Waals surface area contributed by atoms with Gasteiger partial charge in [-0.15, -0.1) is 0 Å². The second-order valence-electron chi connectivity index (χ2n) is 6.56. The second-order valence-corrected chi connectivity index (χ2v) is 6.56. The fraction of sp³-hybridized carbons (Fsp3) is 0.368. The van der Waals surface area contributed by atoms with Crippen LogP contribution in [0.2, 0.25) is 0 Å². The van der Waals surface area contributed by atoms with Crippen LogP contribution in [0.5, 0.6) is 0 Å². The number of hydrogen-bond donors (Lipinski definition) is 2. The van der Waals surface area contributed by atoms with Crippen LogP contribution in [0.1, 0.15) is 36.0 Å². The van der Waals surface area contributed by atoms with Crippen molar-refractivity contribution in [2.75, 3.05) is 0 Å². The molecule has 0 spiro atoms. The number of nitrogens with one attached hydrogen (secondary N) is 2. The van der Waals surface area contributed by atoms with Crippen LogP contribution in [0.4, 0.5) is 13.2 Å². The SMILES string of the molecule is O=C(NC1CCCC(C(F)(F)F)C1)c1ccc(-c2ccccc2)[nH]c1=O. The average Bonchev–Trinajstić information content (AvgIpc) is 2.62. The molecule has 0 radical (unpaired) electrons. The third-order valence-electron chi connectivity index (χ3n) is 4.71. The highest BCUT2D eigenvalue weighted by Crippen LogP contribution is 2.37. The van der Waals surface area contributed by atoms with Gasteiger partial charge in [-0.3, -0.25) is 9.59 Å². The molecule has 2 aromatic rings.